The van der Waals surface area contributed by atoms with Crippen LogP contribution in [0.3, 0.4) is 0 Å². The van der Waals surface area contributed by atoms with E-state index < -0.39 is 254 Å². The molecule has 115 heavy (non-hydrogen) atoms. The zero-order chi connectivity index (χ0) is 86.1. The first kappa shape index (κ1) is 95.1. The first-order valence-corrected chi connectivity index (χ1v) is 37.3. The third-order valence-electron chi connectivity index (χ3n) is 18.5. The fraction of sp³-hybridized carbons (Fsp3) is 0.541. The standard InChI is InChI=1S/C74H104N16O25/c1-8-10-11-12-13-19-36(3)64(104)82-47(27-41-33-78-45-23-17-15-20-42(41)45)68(108)83-48(29-55(77)94)69(109)85-50(32-61(102)103)70(110)89-63(39(6)92)40(7)115-74(114)52(28-54(93)43-21-14-16-22-44(43)76)87-72(112)62(37(4)26-59(98)99)88-71(111)53(35-91)81-57(96)34-90-58(97)30-51(73(90)113)86-65(105)38(5)79-67(107)49(31-60(100)101)84-66(106)46(24-18-25-75)80-56(95)9-2/h14-17,20-23,33,36-38,40,46-53,62-63,78,91H,8-13,18-19,24-32,34-35,75-76H2,1-7H3,(H2,77,94)(H,79,107)(H,80,95)(H,81,96)(H,82,104)(H,83,108)(H,84,106)(H,85,109)(H,86,105)(H,87,112)(H,88,111)(H,89,110)(H,98,99)(H,100,101)(H,102,103). The van der Waals surface area contributed by atoms with E-state index in [2.05, 4.69) is 65.1 Å². The number of anilines is 1. The van der Waals surface area contributed by atoms with Crippen LogP contribution < -0.4 is 75.7 Å². The number of carbonyl (C=O) groups is 20. The molecule has 0 saturated carbocycles. The first-order valence-electron chi connectivity index (χ1n) is 37.3. The highest BCUT2D eigenvalue weighted by Crippen LogP contribution is 2.22. The van der Waals surface area contributed by atoms with Crippen molar-refractivity contribution in [2.75, 3.05) is 25.4 Å². The lowest BCUT2D eigenvalue weighted by Crippen LogP contribution is -2.60. The van der Waals surface area contributed by atoms with Gasteiger partial charge in [0.2, 0.25) is 76.8 Å². The number of aromatic nitrogens is 1. The molecule has 14 atom stereocenters. The number of nitrogens with one attached hydrogen (secondary N) is 12. The van der Waals surface area contributed by atoms with Gasteiger partial charge in [0, 0.05) is 53.5 Å². The fourth-order valence-electron chi connectivity index (χ4n) is 12.1. The van der Waals surface area contributed by atoms with Gasteiger partial charge in [-0.1, -0.05) is 90.1 Å². The molecular formula is C74H104N16O25. The number of H-pyrrole nitrogens is 1. The quantitative estimate of drug-likeness (QED) is 0.00849. The summed E-state index contributed by atoms with van der Waals surface area (Å²) in [5.74, 6) is -26.2. The number of aliphatic carboxylic acids is 3. The lowest BCUT2D eigenvalue weighted by molar-refractivity contribution is -0.156. The van der Waals surface area contributed by atoms with Crippen molar-refractivity contribution in [3.05, 3.63) is 65.9 Å². The summed E-state index contributed by atoms with van der Waals surface area (Å²) in [7, 11) is 0. The predicted octanol–water partition coefficient (Wildman–Crippen LogP) is -3.73. The number of nitrogens with zero attached hydrogens (tertiary/aromatic N) is 1. The summed E-state index contributed by atoms with van der Waals surface area (Å²) >= 11 is 0. The van der Waals surface area contributed by atoms with Crippen LogP contribution >= 0.6 is 0 Å². The third kappa shape index (κ3) is 30.6. The van der Waals surface area contributed by atoms with E-state index in [9.17, 15) is 116 Å². The topological polar surface area (TPSA) is 661 Å². The van der Waals surface area contributed by atoms with Crippen molar-refractivity contribution >= 4 is 135 Å². The maximum Gasteiger partial charge on any atom is 0.329 e. The second-order valence-corrected chi connectivity index (χ2v) is 27.9. The van der Waals surface area contributed by atoms with Crippen molar-refractivity contribution in [1.82, 2.24) is 68.4 Å². The van der Waals surface area contributed by atoms with Crippen LogP contribution in [0, 0.1) is 11.8 Å². The number of aliphatic hydroxyl groups excluding tert-OH is 1. The number of aliphatic hydroxyl groups is 1. The largest absolute Gasteiger partial charge is 0.481 e. The van der Waals surface area contributed by atoms with E-state index in [0.29, 0.717) is 34.2 Å². The molecule has 14 amide bonds. The van der Waals surface area contributed by atoms with Gasteiger partial charge >= 0.3 is 23.9 Å². The number of esters is 1. The van der Waals surface area contributed by atoms with Crippen molar-refractivity contribution in [2.24, 2.45) is 23.3 Å². The van der Waals surface area contributed by atoms with Gasteiger partial charge in [-0.25, -0.2) is 4.79 Å². The number of unbranched alkanes of at least 4 members (excludes halogenated alkanes) is 4. The molecule has 41 nitrogen and oxygen atoms in total. The summed E-state index contributed by atoms with van der Waals surface area (Å²) in [4.78, 5) is 271. The number of hydrogen-bond acceptors (Lipinski definition) is 24. The van der Waals surface area contributed by atoms with Crippen LogP contribution in [-0.4, -0.2) is 241 Å². The minimum absolute atomic E-state index is 0.0159. The molecule has 41 heteroatoms. The van der Waals surface area contributed by atoms with Crippen LogP contribution in [0.1, 0.15) is 161 Å². The highest BCUT2D eigenvalue weighted by molar-refractivity contribution is 6.10. The summed E-state index contributed by atoms with van der Waals surface area (Å²) < 4.78 is 5.59. The van der Waals surface area contributed by atoms with Crippen LogP contribution in [0.15, 0.2) is 54.7 Å². The normalized spacial score (nSPS) is 15.9. The number of aromatic amines is 1. The molecule has 22 N–H and O–H groups in total. The number of imide groups is 1. The minimum atomic E-state index is -2.19. The molecule has 1 aliphatic heterocycles. The van der Waals surface area contributed by atoms with Crippen LogP contribution in [0.4, 0.5) is 5.69 Å². The molecule has 14 unspecified atom stereocenters. The van der Waals surface area contributed by atoms with Gasteiger partial charge in [0.25, 0.3) is 5.91 Å². The molecule has 1 saturated heterocycles. The second-order valence-electron chi connectivity index (χ2n) is 27.9. The molecule has 0 aliphatic carbocycles. The van der Waals surface area contributed by atoms with Gasteiger partial charge in [-0.15, -0.1) is 0 Å². The number of carbonyl (C=O) groups excluding carboxylic acids is 17. The van der Waals surface area contributed by atoms with Crippen molar-refractivity contribution < 1.29 is 121 Å². The number of ketones is 2. The molecule has 2 heterocycles. The highest BCUT2D eigenvalue weighted by atomic mass is 16.5. The number of para-hydroxylation sites is 2. The van der Waals surface area contributed by atoms with E-state index >= 15 is 0 Å². The Morgan fingerprint density at radius 2 is 1.09 bits per heavy atom. The Labute approximate surface area is 660 Å². The van der Waals surface area contributed by atoms with E-state index in [-0.39, 0.29) is 43.5 Å². The molecule has 1 fully saturated rings. The molecular weight excluding hydrogens is 1510 g/mol. The number of nitrogen functional groups attached to an aromatic ring is 1. The van der Waals surface area contributed by atoms with Crippen LogP contribution in [0.2, 0.25) is 0 Å². The van der Waals surface area contributed by atoms with E-state index in [1.54, 1.807) is 37.4 Å². The van der Waals surface area contributed by atoms with Gasteiger partial charge in [0.05, 0.1) is 38.7 Å². The molecule has 0 bridgehead atoms. The van der Waals surface area contributed by atoms with Crippen LogP contribution in [0.25, 0.3) is 10.9 Å². The third-order valence-corrected chi connectivity index (χ3v) is 18.5. The molecule has 1 aliphatic rings. The molecule has 2 aromatic carbocycles. The minimum Gasteiger partial charge on any atom is -0.481 e. The molecule has 0 radical (unpaired) electrons. The number of benzene rings is 2. The van der Waals surface area contributed by atoms with Crippen molar-refractivity contribution in [2.45, 2.75) is 224 Å². The number of rotatable bonds is 51. The van der Waals surface area contributed by atoms with Crippen molar-refractivity contribution in [3.8, 4) is 0 Å². The highest BCUT2D eigenvalue weighted by Gasteiger charge is 2.44. The average Bonchev–Trinajstić information content (AvgIpc) is 1.76. The van der Waals surface area contributed by atoms with Gasteiger partial charge in [-0.3, -0.25) is 96.0 Å². The van der Waals surface area contributed by atoms with Crippen molar-refractivity contribution in [1.29, 1.82) is 0 Å². The van der Waals surface area contributed by atoms with E-state index in [1.807, 2.05) is 5.32 Å². The van der Waals surface area contributed by atoms with Gasteiger partial charge < -0.3 is 106 Å². The number of carboxylic acids is 3. The number of carboxylic acid groups (broad SMARTS) is 3. The first-order chi connectivity index (χ1) is 54.2. The molecule has 630 valence electrons. The zero-order valence-electron chi connectivity index (χ0n) is 64.8. The fourth-order valence-corrected chi connectivity index (χ4v) is 12.1. The Balaban J connectivity index is 1.54. The van der Waals surface area contributed by atoms with E-state index in [0.717, 1.165) is 53.4 Å². The number of Topliss-reactive ketones (excluding diaryl/α,β-unsaturated/α-hetero) is 2. The number of likely N-dealkylation sites (tertiary alicyclic amines) is 1. The van der Waals surface area contributed by atoms with Gasteiger partial charge in [-0.2, -0.15) is 0 Å². The number of fused-ring (bicyclic) bond motifs is 1. The smallest absolute Gasteiger partial charge is 0.329 e. The van der Waals surface area contributed by atoms with E-state index in [4.69, 9.17) is 21.9 Å². The van der Waals surface area contributed by atoms with Gasteiger partial charge in [0.1, 0.15) is 79.1 Å². The van der Waals surface area contributed by atoms with E-state index in [1.165, 1.54) is 31.2 Å². The average molecular weight is 1620 g/mol. The lowest BCUT2D eigenvalue weighted by Gasteiger charge is -2.29. The summed E-state index contributed by atoms with van der Waals surface area (Å²) in [6.07, 6.45) is -1.07. The van der Waals surface area contributed by atoms with Crippen LogP contribution in [-0.2, 0) is 102 Å². The summed E-state index contributed by atoms with van der Waals surface area (Å²) in [5.41, 5.74) is 18.1. The molecule has 0 spiro atoms. The number of hydrogen-bond donors (Lipinski definition) is 19. The van der Waals surface area contributed by atoms with Gasteiger partial charge in [0.15, 0.2) is 11.6 Å². The molecule has 3 aromatic rings. The Bertz CT molecular complexity index is 4070. The Morgan fingerprint density at radius 1 is 0.557 bits per heavy atom. The predicted molar refractivity (Wildman–Crippen MR) is 404 cm³/mol. The zero-order valence-corrected chi connectivity index (χ0v) is 64.8. The Hall–Kier alpha value is -12.3. The number of amides is 14. The number of primary amides is 1. The lowest BCUT2D eigenvalue weighted by atomic mass is 9.96. The Kier molecular flexibility index (Phi) is 38.6. The SMILES string of the molecule is CCCCCCCC(C)C(=O)NC(Cc1c[nH]c2ccccc12)C(=O)NC(CC(N)=O)C(=O)NC(CC(=O)O)C(=O)NC(C(C)=O)C(C)OC(=O)C(CC(=O)c1ccccc1N)NC(=O)C(NC(=O)C(CO)NC(=O)CN1C(=O)CC(NC(=O)C(C)NC(=O)C(CC(=O)O)NC(=O)C(CCCN)NC(=O)CC)C1=O)C(C)CC(=O)O. The maximum atomic E-state index is 14.5. The number of nitrogens with two attached hydrogens (primary N) is 3. The Morgan fingerprint density at radius 3 is 1.67 bits per heavy atom. The molecule has 1 aromatic heterocycles. The van der Waals surface area contributed by atoms with Gasteiger partial charge in [-0.05, 0) is 76.3 Å². The summed E-state index contributed by atoms with van der Waals surface area (Å²) in [6, 6.07) is -7.75. The summed E-state index contributed by atoms with van der Waals surface area (Å²) in [5, 5.41) is 65.4. The van der Waals surface area contributed by atoms with Crippen molar-refractivity contribution in [3.63, 3.8) is 0 Å². The number of ether oxygens (including phenoxy) is 1. The monoisotopic (exact) mass is 1620 g/mol. The summed E-state index contributed by atoms with van der Waals surface area (Å²) in [6.45, 7) is 7.00. The maximum absolute atomic E-state index is 14.5. The van der Waals surface area contributed by atoms with Crippen LogP contribution in [0.5, 0.6) is 0 Å². The molecule has 4 rings (SSSR count). The second kappa shape index (κ2) is 46.6.